The monoisotopic (exact) mass is 273 g/mol. The Balaban J connectivity index is 1.80. The van der Waals surface area contributed by atoms with E-state index in [1.54, 1.807) is 0 Å². The van der Waals surface area contributed by atoms with Gasteiger partial charge in [-0.05, 0) is 49.2 Å². The molecule has 1 N–H and O–H groups in total. The first kappa shape index (κ1) is 14.7. The first-order valence-corrected chi connectivity index (χ1v) is 7.11. The van der Waals surface area contributed by atoms with Crippen molar-refractivity contribution in [1.29, 1.82) is 0 Å². The predicted molar refractivity (Wildman–Crippen MR) is 80.8 cm³/mol. The Morgan fingerprint density at radius 2 is 1.95 bits per heavy atom. The smallest absolute Gasteiger partial charge is 0.146 e. The highest BCUT2D eigenvalue weighted by Gasteiger charge is 2.03. The zero-order chi connectivity index (χ0) is 14.4. The van der Waals surface area contributed by atoms with Crippen molar-refractivity contribution in [3.05, 3.63) is 53.5 Å². The van der Waals surface area contributed by atoms with E-state index in [9.17, 15) is 0 Å². The van der Waals surface area contributed by atoms with E-state index in [-0.39, 0.29) is 0 Å². The third-order valence-corrected chi connectivity index (χ3v) is 2.94. The molecule has 0 saturated heterocycles. The van der Waals surface area contributed by atoms with Crippen molar-refractivity contribution in [2.24, 2.45) is 5.92 Å². The maximum atomic E-state index is 5.73. The van der Waals surface area contributed by atoms with Crippen molar-refractivity contribution in [3.63, 3.8) is 0 Å². The molecule has 1 heterocycles. The lowest BCUT2D eigenvalue weighted by Crippen LogP contribution is -2.18. The number of hydrogen-bond acceptors (Lipinski definition) is 3. The van der Waals surface area contributed by atoms with Crippen molar-refractivity contribution >= 4 is 0 Å². The topological polar surface area (TPSA) is 34.4 Å². The van der Waals surface area contributed by atoms with E-state index >= 15 is 0 Å². The summed E-state index contributed by atoms with van der Waals surface area (Å²) in [5.74, 6) is 3.33. The van der Waals surface area contributed by atoms with Crippen LogP contribution in [0.5, 0.6) is 5.75 Å². The zero-order valence-electron chi connectivity index (χ0n) is 12.5. The molecule has 0 radical (unpaired) electrons. The second-order valence-electron chi connectivity index (χ2n) is 5.50. The van der Waals surface area contributed by atoms with E-state index in [0.29, 0.717) is 12.5 Å². The van der Waals surface area contributed by atoms with Gasteiger partial charge < -0.3 is 14.5 Å². The number of nitrogens with one attached hydrogen (secondary N) is 1. The minimum Gasteiger partial charge on any atom is -0.486 e. The molecule has 1 aromatic heterocycles. The molecule has 0 amide bonds. The summed E-state index contributed by atoms with van der Waals surface area (Å²) >= 11 is 0. The maximum Gasteiger partial charge on any atom is 0.146 e. The van der Waals surface area contributed by atoms with Gasteiger partial charge in [0, 0.05) is 0 Å². The average Bonchev–Trinajstić information content (AvgIpc) is 2.84. The fourth-order valence-corrected chi connectivity index (χ4v) is 1.94. The number of benzene rings is 1. The molecule has 0 unspecified atom stereocenters. The van der Waals surface area contributed by atoms with Crippen LogP contribution < -0.4 is 10.1 Å². The normalized spacial score (nSPS) is 11.0. The third kappa shape index (κ3) is 4.74. The van der Waals surface area contributed by atoms with Crippen molar-refractivity contribution < 1.29 is 9.15 Å². The quantitative estimate of drug-likeness (QED) is 0.830. The average molecular weight is 273 g/mol. The van der Waals surface area contributed by atoms with Gasteiger partial charge in [-0.15, -0.1) is 0 Å². The molecule has 2 aromatic rings. The van der Waals surface area contributed by atoms with Crippen molar-refractivity contribution in [3.8, 4) is 5.75 Å². The Hall–Kier alpha value is -1.74. The number of rotatable bonds is 7. The van der Waals surface area contributed by atoms with E-state index in [0.717, 1.165) is 30.4 Å². The summed E-state index contributed by atoms with van der Waals surface area (Å²) in [5, 5.41) is 3.36. The molecule has 0 bridgehead atoms. The van der Waals surface area contributed by atoms with Crippen LogP contribution in [-0.4, -0.2) is 6.54 Å². The highest BCUT2D eigenvalue weighted by atomic mass is 16.5. The Kier molecular flexibility index (Phi) is 5.24. The van der Waals surface area contributed by atoms with Crippen LogP contribution in [0.3, 0.4) is 0 Å². The molecule has 0 aliphatic carbocycles. The molecular formula is C17H23NO2. The molecule has 3 nitrogen and oxygen atoms in total. The predicted octanol–water partition coefficient (Wildman–Crippen LogP) is 3.91. The Bertz CT molecular complexity index is 531. The van der Waals surface area contributed by atoms with Gasteiger partial charge >= 0.3 is 0 Å². The van der Waals surface area contributed by atoms with Gasteiger partial charge in [-0.2, -0.15) is 0 Å². The van der Waals surface area contributed by atoms with Crippen LogP contribution in [0.4, 0.5) is 0 Å². The number of aryl methyl sites for hydroxylation is 1. The third-order valence-electron chi connectivity index (χ3n) is 2.94. The summed E-state index contributed by atoms with van der Waals surface area (Å²) < 4.78 is 11.4. The Morgan fingerprint density at radius 1 is 1.15 bits per heavy atom. The van der Waals surface area contributed by atoms with Crippen LogP contribution in [0.15, 0.2) is 40.8 Å². The highest BCUT2D eigenvalue weighted by molar-refractivity contribution is 5.27. The van der Waals surface area contributed by atoms with Crippen molar-refractivity contribution in [2.75, 3.05) is 6.54 Å². The molecule has 0 spiro atoms. The lowest BCUT2D eigenvalue weighted by molar-refractivity contribution is 0.264. The number of furan rings is 1. The van der Waals surface area contributed by atoms with Crippen LogP contribution in [0.25, 0.3) is 0 Å². The molecule has 3 heteroatoms. The lowest BCUT2D eigenvalue weighted by atomic mass is 10.2. The molecular weight excluding hydrogens is 250 g/mol. The fraction of sp³-hybridized carbons (Fsp3) is 0.412. The van der Waals surface area contributed by atoms with Gasteiger partial charge in [0.2, 0.25) is 0 Å². The maximum absolute atomic E-state index is 5.73. The van der Waals surface area contributed by atoms with Crippen molar-refractivity contribution in [1.82, 2.24) is 5.32 Å². The van der Waals surface area contributed by atoms with Crippen LogP contribution in [0.1, 0.15) is 30.9 Å². The van der Waals surface area contributed by atoms with Gasteiger partial charge in [0.25, 0.3) is 0 Å². The van der Waals surface area contributed by atoms with Crippen LogP contribution in [-0.2, 0) is 13.2 Å². The fourth-order valence-electron chi connectivity index (χ4n) is 1.94. The molecule has 1 aromatic carbocycles. The Labute approximate surface area is 121 Å². The first-order chi connectivity index (χ1) is 9.63. The minimum atomic E-state index is 0.466. The molecule has 0 saturated carbocycles. The van der Waals surface area contributed by atoms with Gasteiger partial charge in [-0.25, -0.2) is 0 Å². The summed E-state index contributed by atoms with van der Waals surface area (Å²) in [6, 6.07) is 12.0. The largest absolute Gasteiger partial charge is 0.486 e. The summed E-state index contributed by atoms with van der Waals surface area (Å²) in [4.78, 5) is 0. The van der Waals surface area contributed by atoms with Gasteiger partial charge in [-0.3, -0.25) is 0 Å². The molecule has 0 aliphatic rings. The van der Waals surface area contributed by atoms with Crippen molar-refractivity contribution in [2.45, 2.75) is 33.9 Å². The number of hydrogen-bond donors (Lipinski definition) is 1. The second-order valence-corrected chi connectivity index (χ2v) is 5.50. The summed E-state index contributed by atoms with van der Waals surface area (Å²) in [5.41, 5.74) is 1.19. The number of ether oxygens (including phenoxy) is 1. The van der Waals surface area contributed by atoms with Crippen LogP contribution >= 0.6 is 0 Å². The standard InChI is InChI=1S/C17H23NO2/c1-13(2)10-18-11-16-7-8-17(20-16)12-19-15-6-4-5-14(3)9-15/h4-9,13,18H,10-12H2,1-3H3. The van der Waals surface area contributed by atoms with E-state index in [2.05, 4.69) is 32.2 Å². The van der Waals surface area contributed by atoms with E-state index < -0.39 is 0 Å². The molecule has 2 rings (SSSR count). The second kappa shape index (κ2) is 7.15. The molecule has 108 valence electrons. The lowest BCUT2D eigenvalue weighted by Gasteiger charge is -2.06. The van der Waals surface area contributed by atoms with Gasteiger partial charge in [0.05, 0.1) is 6.54 Å². The van der Waals surface area contributed by atoms with E-state index in [1.165, 1.54) is 5.56 Å². The molecule has 0 aliphatic heterocycles. The van der Waals surface area contributed by atoms with Gasteiger partial charge in [0.1, 0.15) is 23.9 Å². The first-order valence-electron chi connectivity index (χ1n) is 7.11. The van der Waals surface area contributed by atoms with E-state index in [1.807, 2.05) is 30.3 Å². The van der Waals surface area contributed by atoms with Crippen LogP contribution in [0.2, 0.25) is 0 Å². The summed E-state index contributed by atoms with van der Waals surface area (Å²) in [7, 11) is 0. The van der Waals surface area contributed by atoms with E-state index in [4.69, 9.17) is 9.15 Å². The SMILES string of the molecule is Cc1cccc(OCc2ccc(CNCC(C)C)o2)c1. The molecule has 0 fully saturated rings. The molecule has 0 atom stereocenters. The summed E-state index contributed by atoms with van der Waals surface area (Å²) in [6.45, 7) is 8.66. The van der Waals surface area contributed by atoms with Crippen LogP contribution in [0, 0.1) is 12.8 Å². The minimum absolute atomic E-state index is 0.466. The highest BCUT2D eigenvalue weighted by Crippen LogP contribution is 2.15. The molecule has 20 heavy (non-hydrogen) atoms. The van der Waals surface area contributed by atoms with Gasteiger partial charge in [-0.1, -0.05) is 26.0 Å². The zero-order valence-corrected chi connectivity index (χ0v) is 12.5. The summed E-state index contributed by atoms with van der Waals surface area (Å²) in [6.07, 6.45) is 0. The van der Waals surface area contributed by atoms with Gasteiger partial charge in [0.15, 0.2) is 0 Å². The Morgan fingerprint density at radius 3 is 2.70 bits per heavy atom.